The van der Waals surface area contributed by atoms with Gasteiger partial charge < -0.3 is 4.90 Å². The lowest BCUT2D eigenvalue weighted by molar-refractivity contribution is -0.134. The second-order valence-electron chi connectivity index (χ2n) is 7.14. The van der Waals surface area contributed by atoms with E-state index in [0.717, 1.165) is 19.3 Å². The largest absolute Gasteiger partial charge is 0.323 e. The zero-order chi connectivity index (χ0) is 15.4. The lowest BCUT2D eigenvalue weighted by atomic mass is 9.96. The van der Waals surface area contributed by atoms with Crippen LogP contribution in [0.2, 0.25) is 0 Å². The number of nitrogens with one attached hydrogen (secondary N) is 1. The molecule has 0 radical (unpaired) electrons. The Kier molecular flexibility index (Phi) is 6.50. The Balaban J connectivity index is 2.98. The summed E-state index contributed by atoms with van der Waals surface area (Å²) in [5.74, 6) is 1.84. The molecule has 1 aliphatic heterocycles. The van der Waals surface area contributed by atoms with E-state index >= 15 is 0 Å². The molecule has 0 bridgehead atoms. The summed E-state index contributed by atoms with van der Waals surface area (Å²) >= 11 is 0. The molecule has 1 saturated heterocycles. The molecule has 1 aliphatic rings. The maximum Gasteiger partial charge on any atom is 0.241 e. The normalized spacial score (nSPS) is 26.6. The van der Waals surface area contributed by atoms with E-state index < -0.39 is 0 Å². The highest BCUT2D eigenvalue weighted by molar-refractivity contribution is 5.85. The minimum absolute atomic E-state index is 0.0107. The summed E-state index contributed by atoms with van der Waals surface area (Å²) in [6.07, 6.45) is 3.34. The second-order valence-corrected chi connectivity index (χ2v) is 7.14. The van der Waals surface area contributed by atoms with Crippen molar-refractivity contribution in [3.63, 3.8) is 0 Å². The molecule has 1 heterocycles. The van der Waals surface area contributed by atoms with Gasteiger partial charge in [-0.05, 0) is 30.6 Å². The van der Waals surface area contributed by atoms with Gasteiger partial charge in [-0.25, -0.2) is 0 Å². The van der Waals surface area contributed by atoms with Gasteiger partial charge in [-0.2, -0.15) is 0 Å². The highest BCUT2D eigenvalue weighted by Crippen LogP contribution is 2.28. The fourth-order valence-corrected chi connectivity index (χ4v) is 3.33. The average molecular weight is 282 g/mol. The molecule has 0 aromatic heterocycles. The molecule has 0 saturated carbocycles. The first-order valence-corrected chi connectivity index (χ1v) is 8.41. The molecule has 0 aromatic rings. The van der Waals surface area contributed by atoms with Gasteiger partial charge in [0, 0.05) is 6.04 Å². The van der Waals surface area contributed by atoms with E-state index in [9.17, 15) is 4.79 Å². The number of hydrogen-bond acceptors (Lipinski definition) is 2. The van der Waals surface area contributed by atoms with Crippen LogP contribution in [0, 0.1) is 17.8 Å². The van der Waals surface area contributed by atoms with Crippen LogP contribution in [-0.2, 0) is 4.79 Å². The highest BCUT2D eigenvalue weighted by atomic mass is 16.2. The maximum absolute atomic E-state index is 12.9. The SMILES string of the molecule is CCC(C)C1NC(CC(C)C)N(C(CC)C(C)C)C1=O. The molecule has 1 rings (SSSR count). The smallest absolute Gasteiger partial charge is 0.241 e. The minimum atomic E-state index is 0.0107. The first-order valence-electron chi connectivity index (χ1n) is 8.41. The minimum Gasteiger partial charge on any atom is -0.323 e. The van der Waals surface area contributed by atoms with Crippen LogP contribution in [0.25, 0.3) is 0 Å². The van der Waals surface area contributed by atoms with Crippen molar-refractivity contribution in [2.24, 2.45) is 17.8 Å². The van der Waals surface area contributed by atoms with Crippen molar-refractivity contribution >= 4 is 5.91 Å². The molecule has 3 heteroatoms. The lowest BCUT2D eigenvalue weighted by Crippen LogP contribution is -2.47. The van der Waals surface area contributed by atoms with Crippen LogP contribution in [0.4, 0.5) is 0 Å². The Morgan fingerprint density at radius 2 is 1.70 bits per heavy atom. The lowest BCUT2D eigenvalue weighted by Gasteiger charge is -2.35. The number of nitrogens with zero attached hydrogens (tertiary/aromatic N) is 1. The molecule has 0 aliphatic carbocycles. The quantitative estimate of drug-likeness (QED) is 0.773. The third-order valence-electron chi connectivity index (χ3n) is 4.68. The van der Waals surface area contributed by atoms with Crippen LogP contribution in [0.15, 0.2) is 0 Å². The number of carbonyl (C=O) groups is 1. The summed E-state index contributed by atoms with van der Waals surface area (Å²) in [6.45, 7) is 15.5. The Labute approximate surface area is 125 Å². The van der Waals surface area contributed by atoms with E-state index in [4.69, 9.17) is 0 Å². The van der Waals surface area contributed by atoms with Crippen molar-refractivity contribution in [1.29, 1.82) is 0 Å². The first kappa shape index (κ1) is 17.5. The summed E-state index contributed by atoms with van der Waals surface area (Å²) in [4.78, 5) is 15.0. The number of rotatable bonds is 7. The molecular weight excluding hydrogens is 248 g/mol. The van der Waals surface area contributed by atoms with E-state index in [1.165, 1.54) is 0 Å². The molecule has 4 atom stereocenters. The van der Waals surface area contributed by atoms with Crippen LogP contribution >= 0.6 is 0 Å². The summed E-state index contributed by atoms with van der Waals surface area (Å²) < 4.78 is 0. The summed E-state index contributed by atoms with van der Waals surface area (Å²) in [6, 6.07) is 0.365. The first-order chi connectivity index (χ1) is 9.33. The zero-order valence-corrected chi connectivity index (χ0v) is 14.4. The Morgan fingerprint density at radius 1 is 1.10 bits per heavy atom. The molecule has 4 unspecified atom stereocenters. The van der Waals surface area contributed by atoms with E-state index in [0.29, 0.717) is 29.7 Å². The fraction of sp³-hybridized carbons (Fsp3) is 0.941. The van der Waals surface area contributed by atoms with E-state index in [1.807, 2.05) is 0 Å². The van der Waals surface area contributed by atoms with Gasteiger partial charge in [-0.3, -0.25) is 10.1 Å². The van der Waals surface area contributed by atoms with Crippen LogP contribution in [-0.4, -0.2) is 29.1 Å². The standard InChI is InChI=1S/C17H34N2O/c1-8-13(7)16-17(20)19(14(9-2)12(5)6)15(18-16)10-11(3)4/h11-16,18H,8-10H2,1-7H3. The highest BCUT2D eigenvalue weighted by Gasteiger charge is 2.44. The van der Waals surface area contributed by atoms with Gasteiger partial charge in [0.1, 0.15) is 0 Å². The molecule has 0 spiro atoms. The van der Waals surface area contributed by atoms with Crippen molar-refractivity contribution < 1.29 is 4.79 Å². The number of hydrogen-bond donors (Lipinski definition) is 1. The molecule has 1 fully saturated rings. The monoisotopic (exact) mass is 282 g/mol. The van der Waals surface area contributed by atoms with Crippen LogP contribution < -0.4 is 5.32 Å². The average Bonchev–Trinajstić information content (AvgIpc) is 2.67. The van der Waals surface area contributed by atoms with Gasteiger partial charge in [0.05, 0.1) is 12.2 Å². The van der Waals surface area contributed by atoms with E-state index in [1.54, 1.807) is 0 Å². The summed E-state index contributed by atoms with van der Waals surface area (Å²) in [5, 5.41) is 3.62. The van der Waals surface area contributed by atoms with Gasteiger partial charge in [0.2, 0.25) is 5.91 Å². The van der Waals surface area contributed by atoms with Crippen LogP contribution in [0.1, 0.15) is 67.7 Å². The van der Waals surface area contributed by atoms with Crippen LogP contribution in [0.3, 0.4) is 0 Å². The zero-order valence-electron chi connectivity index (χ0n) is 14.4. The molecule has 118 valence electrons. The van der Waals surface area contributed by atoms with Crippen LogP contribution in [0.5, 0.6) is 0 Å². The molecule has 1 N–H and O–H groups in total. The Bertz CT molecular complexity index is 314. The maximum atomic E-state index is 12.9. The predicted octanol–water partition coefficient (Wildman–Crippen LogP) is 3.64. The topological polar surface area (TPSA) is 32.3 Å². The molecule has 1 amide bonds. The van der Waals surface area contributed by atoms with Crippen molar-refractivity contribution in [3.05, 3.63) is 0 Å². The fourth-order valence-electron chi connectivity index (χ4n) is 3.33. The molecule has 20 heavy (non-hydrogen) atoms. The van der Waals surface area contributed by atoms with E-state index in [-0.39, 0.29) is 12.2 Å². The van der Waals surface area contributed by atoms with Gasteiger partial charge in [-0.1, -0.05) is 54.9 Å². The van der Waals surface area contributed by atoms with Crippen molar-refractivity contribution in [3.8, 4) is 0 Å². The van der Waals surface area contributed by atoms with Gasteiger partial charge in [-0.15, -0.1) is 0 Å². The second kappa shape index (κ2) is 7.44. The molecular formula is C17H34N2O. The Morgan fingerprint density at radius 3 is 2.10 bits per heavy atom. The van der Waals surface area contributed by atoms with Gasteiger partial charge in [0.25, 0.3) is 0 Å². The van der Waals surface area contributed by atoms with Gasteiger partial charge in [0.15, 0.2) is 0 Å². The third kappa shape index (κ3) is 3.75. The van der Waals surface area contributed by atoms with Gasteiger partial charge >= 0.3 is 0 Å². The van der Waals surface area contributed by atoms with Crippen molar-refractivity contribution in [1.82, 2.24) is 10.2 Å². The molecule has 0 aromatic carbocycles. The van der Waals surface area contributed by atoms with Crippen molar-refractivity contribution in [2.75, 3.05) is 0 Å². The van der Waals surface area contributed by atoms with E-state index in [2.05, 4.69) is 58.7 Å². The third-order valence-corrected chi connectivity index (χ3v) is 4.68. The summed E-state index contributed by atoms with van der Waals surface area (Å²) in [7, 11) is 0. The number of carbonyl (C=O) groups excluding carboxylic acids is 1. The molecule has 3 nitrogen and oxygen atoms in total. The summed E-state index contributed by atoms with van der Waals surface area (Å²) in [5.41, 5.74) is 0. The van der Waals surface area contributed by atoms with Crippen molar-refractivity contribution in [2.45, 2.75) is 86.0 Å². The Hall–Kier alpha value is -0.570. The number of amides is 1. The predicted molar refractivity (Wildman–Crippen MR) is 85.4 cm³/mol.